The van der Waals surface area contributed by atoms with Crippen molar-refractivity contribution >= 4 is 29.4 Å². The van der Waals surface area contributed by atoms with Gasteiger partial charge in [0.15, 0.2) is 11.0 Å². The minimum atomic E-state index is -1.33. The van der Waals surface area contributed by atoms with Crippen LogP contribution in [0.2, 0.25) is 5.15 Å². The fourth-order valence-corrected chi connectivity index (χ4v) is 4.49. The van der Waals surface area contributed by atoms with Gasteiger partial charge in [-0.25, -0.2) is 9.78 Å². The average molecular weight is 446 g/mol. The monoisotopic (exact) mass is 445 g/mol. The zero-order chi connectivity index (χ0) is 22.2. The van der Waals surface area contributed by atoms with Gasteiger partial charge in [0.25, 0.3) is 5.56 Å². The Morgan fingerprint density at radius 1 is 1.29 bits per heavy atom. The number of hydrogen-bond donors (Lipinski definition) is 1. The fourth-order valence-electron chi connectivity index (χ4n) is 4.11. The molecule has 0 unspecified atom stereocenters. The number of halogens is 1. The van der Waals surface area contributed by atoms with E-state index in [0.717, 1.165) is 24.8 Å². The largest absolute Gasteiger partial charge is 0.467 e. The summed E-state index contributed by atoms with van der Waals surface area (Å²) < 4.78 is 11.7. The van der Waals surface area contributed by atoms with Crippen molar-refractivity contribution in [3.63, 3.8) is 0 Å². The molecule has 1 aromatic heterocycles. The first-order chi connectivity index (χ1) is 14.8. The summed E-state index contributed by atoms with van der Waals surface area (Å²) in [6.07, 6.45) is 2.94. The third-order valence-corrected chi connectivity index (χ3v) is 6.35. The molecule has 9 heteroatoms. The lowest BCUT2D eigenvalue weighted by molar-refractivity contribution is -0.152. The lowest BCUT2D eigenvalue weighted by atomic mass is 9.84. The van der Waals surface area contributed by atoms with Gasteiger partial charge in [0.1, 0.15) is 18.1 Å². The molecule has 2 atom stereocenters. The second-order valence-electron chi connectivity index (χ2n) is 8.18. The first-order valence-corrected chi connectivity index (χ1v) is 10.6. The van der Waals surface area contributed by atoms with E-state index in [1.807, 2.05) is 30.3 Å². The highest BCUT2D eigenvalue weighted by molar-refractivity contribution is 6.30. The maximum absolute atomic E-state index is 13.2. The minimum absolute atomic E-state index is 0.00316. The van der Waals surface area contributed by atoms with E-state index >= 15 is 0 Å². The van der Waals surface area contributed by atoms with Gasteiger partial charge in [-0.2, -0.15) is 0 Å². The van der Waals surface area contributed by atoms with Crippen molar-refractivity contribution < 1.29 is 19.1 Å². The molecule has 0 spiro atoms. The zero-order valence-corrected chi connectivity index (χ0v) is 18.1. The second-order valence-corrected chi connectivity index (χ2v) is 8.54. The van der Waals surface area contributed by atoms with E-state index in [-0.39, 0.29) is 35.7 Å². The van der Waals surface area contributed by atoms with Crippen LogP contribution in [0.5, 0.6) is 0 Å². The summed E-state index contributed by atoms with van der Waals surface area (Å²) in [4.78, 5) is 43.1. The third-order valence-electron chi connectivity index (χ3n) is 6.09. The van der Waals surface area contributed by atoms with Crippen LogP contribution in [0.15, 0.2) is 35.1 Å². The molecule has 2 aliphatic rings. The van der Waals surface area contributed by atoms with Crippen LogP contribution in [-0.4, -0.2) is 34.6 Å². The molecule has 1 N–H and O–H groups in total. The number of benzene rings is 1. The highest BCUT2D eigenvalue weighted by Crippen LogP contribution is 2.44. The smallest absolute Gasteiger partial charge is 0.329 e. The number of carbonyl (C=O) groups excluding carboxylic acids is 2. The molecule has 8 nitrogen and oxygen atoms in total. The molecule has 0 radical (unpaired) electrons. The molecular weight excluding hydrogens is 422 g/mol. The number of aromatic nitrogens is 2. The van der Waals surface area contributed by atoms with Gasteiger partial charge in [-0.3, -0.25) is 14.2 Å². The minimum Gasteiger partial charge on any atom is -0.467 e. The highest BCUT2D eigenvalue weighted by Gasteiger charge is 2.52. The van der Waals surface area contributed by atoms with Gasteiger partial charge in [0.2, 0.25) is 0 Å². The Kier molecular flexibility index (Phi) is 5.75. The van der Waals surface area contributed by atoms with Crippen molar-refractivity contribution in [3.8, 4) is 0 Å². The van der Waals surface area contributed by atoms with Crippen molar-refractivity contribution in [2.24, 2.45) is 0 Å². The maximum atomic E-state index is 13.2. The van der Waals surface area contributed by atoms with Gasteiger partial charge in [-0.15, -0.1) is 0 Å². The third kappa shape index (κ3) is 3.80. The van der Waals surface area contributed by atoms with E-state index in [0.29, 0.717) is 0 Å². The van der Waals surface area contributed by atoms with Crippen molar-refractivity contribution in [2.75, 3.05) is 12.4 Å². The topological polar surface area (TPSA) is 99.5 Å². The Hall–Kier alpha value is -2.87. The summed E-state index contributed by atoms with van der Waals surface area (Å²) in [6, 6.07) is 8.40. The van der Waals surface area contributed by atoms with Gasteiger partial charge in [-0.1, -0.05) is 41.9 Å². The van der Waals surface area contributed by atoms with Gasteiger partial charge >= 0.3 is 11.9 Å². The van der Waals surface area contributed by atoms with Crippen LogP contribution in [-0.2, 0) is 31.1 Å². The molecule has 1 aliphatic heterocycles. The van der Waals surface area contributed by atoms with Gasteiger partial charge < -0.3 is 14.8 Å². The summed E-state index contributed by atoms with van der Waals surface area (Å²) in [6.45, 7) is 1.68. The molecule has 2 heterocycles. The summed E-state index contributed by atoms with van der Waals surface area (Å²) in [5.74, 6) is -1.13. The van der Waals surface area contributed by atoms with Gasteiger partial charge in [-0.05, 0) is 31.7 Å². The van der Waals surface area contributed by atoms with E-state index in [2.05, 4.69) is 10.3 Å². The van der Waals surface area contributed by atoms with Crippen LogP contribution in [0.3, 0.4) is 0 Å². The van der Waals surface area contributed by atoms with Crippen LogP contribution in [0.25, 0.3) is 0 Å². The molecule has 2 aromatic rings. The molecule has 1 fully saturated rings. The Labute approximate surface area is 184 Å². The first kappa shape index (κ1) is 21.4. The summed E-state index contributed by atoms with van der Waals surface area (Å²) in [5, 5.41) is 3.09. The first-order valence-electron chi connectivity index (χ1n) is 10.2. The molecule has 0 bridgehead atoms. The van der Waals surface area contributed by atoms with E-state index in [1.165, 1.54) is 11.7 Å². The quantitative estimate of drug-likeness (QED) is 0.682. The van der Waals surface area contributed by atoms with Crippen molar-refractivity contribution in [2.45, 2.75) is 56.7 Å². The molecule has 164 valence electrons. The van der Waals surface area contributed by atoms with E-state index in [1.54, 1.807) is 6.92 Å². The Morgan fingerprint density at radius 3 is 2.61 bits per heavy atom. The number of anilines is 1. The number of hydrogen-bond acceptors (Lipinski definition) is 7. The lowest BCUT2D eigenvalue weighted by Crippen LogP contribution is -2.37. The molecular formula is C22H24ClN3O5. The molecule has 1 aromatic carbocycles. The number of nitrogens with zero attached hydrogens (tertiary/aromatic N) is 2. The summed E-state index contributed by atoms with van der Waals surface area (Å²) in [7, 11) is 1.24. The Balaban J connectivity index is 1.71. The lowest BCUT2D eigenvalue weighted by Gasteiger charge is -2.27. The molecule has 1 saturated carbocycles. The van der Waals surface area contributed by atoms with Gasteiger partial charge in [0, 0.05) is 12.5 Å². The van der Waals surface area contributed by atoms with Crippen LogP contribution in [0, 0.1) is 0 Å². The normalized spacial score (nSPS) is 22.4. The summed E-state index contributed by atoms with van der Waals surface area (Å²) >= 11 is 6.48. The molecule has 1 aliphatic carbocycles. The van der Waals surface area contributed by atoms with E-state index < -0.39 is 29.0 Å². The van der Waals surface area contributed by atoms with E-state index in [9.17, 15) is 14.4 Å². The molecule has 4 rings (SSSR count). The number of nitrogens with one attached hydrogen (secondary N) is 1. The van der Waals surface area contributed by atoms with Crippen molar-refractivity contribution in [1.82, 2.24) is 9.55 Å². The zero-order valence-electron chi connectivity index (χ0n) is 17.4. The maximum Gasteiger partial charge on any atom is 0.329 e. The van der Waals surface area contributed by atoms with E-state index in [4.69, 9.17) is 21.1 Å². The van der Waals surface area contributed by atoms with Crippen LogP contribution < -0.4 is 10.9 Å². The highest BCUT2D eigenvalue weighted by atomic mass is 35.5. The number of rotatable bonds is 6. The molecule has 0 saturated heterocycles. The SMILES string of the molecule is COC(=O)[C@@H]1C[C@@](C)(C(=O)OCc2ccccc2)c2c(Cl)nc(NC3CCC3)c(=O)n21. The number of esters is 2. The van der Waals surface area contributed by atoms with Crippen LogP contribution in [0.1, 0.15) is 49.9 Å². The number of methoxy groups -OCH3 is 1. The number of carbonyl (C=O) groups is 2. The second kappa shape index (κ2) is 8.34. The van der Waals surface area contributed by atoms with Crippen molar-refractivity contribution in [3.05, 3.63) is 57.1 Å². The predicted octanol–water partition coefficient (Wildman–Crippen LogP) is 2.98. The molecule has 31 heavy (non-hydrogen) atoms. The standard InChI is InChI=1S/C22H24ClN3O5/c1-22(21(29)31-12-13-7-4-3-5-8-13)11-15(20(28)30-2)26-16(22)17(23)25-18(19(26)27)24-14-9-6-10-14/h3-5,7-8,14-15H,6,9-12H2,1-2H3,(H,24,25)/t15-,22+/m0/s1. The molecule has 0 amide bonds. The van der Waals surface area contributed by atoms with Gasteiger partial charge in [0.05, 0.1) is 12.8 Å². The number of ether oxygens (including phenoxy) is 2. The fraction of sp³-hybridized carbons (Fsp3) is 0.455. The van der Waals surface area contributed by atoms with Crippen molar-refractivity contribution in [1.29, 1.82) is 0 Å². The number of fused-ring (bicyclic) bond motifs is 1. The summed E-state index contributed by atoms with van der Waals surface area (Å²) in [5.41, 5.74) is -0.831. The Bertz CT molecular complexity index is 1070. The van der Waals surface area contributed by atoms with Crippen LogP contribution >= 0.6 is 11.6 Å². The predicted molar refractivity (Wildman–Crippen MR) is 114 cm³/mol. The van der Waals surface area contributed by atoms with Crippen LogP contribution in [0.4, 0.5) is 5.82 Å². The average Bonchev–Trinajstić information content (AvgIpc) is 3.07. The Morgan fingerprint density at radius 2 is 2.00 bits per heavy atom.